The number of aliphatic hydroxyl groups is 1. The Kier molecular flexibility index (Phi) is 4.38. The predicted molar refractivity (Wildman–Crippen MR) is 74.5 cm³/mol. The lowest BCUT2D eigenvalue weighted by molar-refractivity contribution is 0.0122. The van der Waals surface area contributed by atoms with Crippen molar-refractivity contribution in [1.29, 1.82) is 0 Å². The molecule has 0 saturated carbocycles. The van der Waals surface area contributed by atoms with E-state index in [-0.39, 0.29) is 0 Å². The molecule has 1 aliphatic heterocycles. The van der Waals surface area contributed by atoms with Crippen molar-refractivity contribution < 1.29 is 5.11 Å². The van der Waals surface area contributed by atoms with Gasteiger partial charge in [0.1, 0.15) is 0 Å². The SMILES string of the molecule is CNCC1CCCN1CC(C)(O)c1ccccc1. The molecular weight excluding hydrogens is 224 g/mol. The molecule has 3 nitrogen and oxygen atoms in total. The van der Waals surface area contributed by atoms with E-state index in [0.717, 1.165) is 18.7 Å². The van der Waals surface area contributed by atoms with Gasteiger partial charge in [0, 0.05) is 19.1 Å². The van der Waals surface area contributed by atoms with E-state index >= 15 is 0 Å². The lowest BCUT2D eigenvalue weighted by Gasteiger charge is -2.33. The second-order valence-corrected chi connectivity index (χ2v) is 5.46. The second kappa shape index (κ2) is 5.83. The van der Waals surface area contributed by atoms with E-state index in [0.29, 0.717) is 12.6 Å². The summed E-state index contributed by atoms with van der Waals surface area (Å²) in [4.78, 5) is 2.41. The van der Waals surface area contributed by atoms with Crippen LogP contribution in [-0.4, -0.2) is 42.7 Å². The van der Waals surface area contributed by atoms with Crippen molar-refractivity contribution in [3.05, 3.63) is 35.9 Å². The molecule has 0 spiro atoms. The van der Waals surface area contributed by atoms with E-state index in [1.165, 1.54) is 12.8 Å². The van der Waals surface area contributed by atoms with Gasteiger partial charge in [0.05, 0.1) is 5.60 Å². The van der Waals surface area contributed by atoms with Gasteiger partial charge in [-0.2, -0.15) is 0 Å². The van der Waals surface area contributed by atoms with Crippen molar-refractivity contribution in [3.8, 4) is 0 Å². The van der Waals surface area contributed by atoms with Gasteiger partial charge < -0.3 is 10.4 Å². The molecule has 0 aromatic heterocycles. The van der Waals surface area contributed by atoms with E-state index in [4.69, 9.17) is 0 Å². The molecule has 1 saturated heterocycles. The zero-order valence-electron chi connectivity index (χ0n) is 11.4. The third-order valence-corrected chi connectivity index (χ3v) is 3.85. The topological polar surface area (TPSA) is 35.5 Å². The van der Waals surface area contributed by atoms with E-state index in [1.807, 2.05) is 44.3 Å². The van der Waals surface area contributed by atoms with Gasteiger partial charge in [-0.1, -0.05) is 30.3 Å². The Labute approximate surface area is 110 Å². The number of hydrogen-bond acceptors (Lipinski definition) is 3. The molecule has 0 bridgehead atoms. The number of hydrogen-bond donors (Lipinski definition) is 2. The first-order valence-electron chi connectivity index (χ1n) is 6.80. The standard InChI is InChI=1S/C15H24N2O/c1-15(18,13-7-4-3-5-8-13)12-17-10-6-9-14(17)11-16-2/h3-5,7-8,14,16,18H,6,9-12H2,1-2H3. The van der Waals surface area contributed by atoms with Crippen LogP contribution in [0.25, 0.3) is 0 Å². The fourth-order valence-electron chi connectivity index (χ4n) is 2.85. The minimum atomic E-state index is -0.766. The van der Waals surface area contributed by atoms with E-state index in [2.05, 4.69) is 10.2 Å². The number of benzene rings is 1. The fraction of sp³-hybridized carbons (Fsp3) is 0.600. The van der Waals surface area contributed by atoms with Crippen LogP contribution in [-0.2, 0) is 5.60 Å². The van der Waals surface area contributed by atoms with Crippen LogP contribution in [0.15, 0.2) is 30.3 Å². The summed E-state index contributed by atoms with van der Waals surface area (Å²) in [5.74, 6) is 0. The van der Waals surface area contributed by atoms with Crippen molar-refractivity contribution in [2.75, 3.05) is 26.7 Å². The van der Waals surface area contributed by atoms with Crippen LogP contribution in [0.5, 0.6) is 0 Å². The van der Waals surface area contributed by atoms with Gasteiger partial charge in [0.2, 0.25) is 0 Å². The van der Waals surface area contributed by atoms with Crippen LogP contribution in [0.3, 0.4) is 0 Å². The average Bonchev–Trinajstić information content (AvgIpc) is 2.78. The van der Waals surface area contributed by atoms with E-state index in [9.17, 15) is 5.11 Å². The van der Waals surface area contributed by atoms with Crippen molar-refractivity contribution in [3.63, 3.8) is 0 Å². The van der Waals surface area contributed by atoms with Gasteiger partial charge in [0.25, 0.3) is 0 Å². The highest BCUT2D eigenvalue weighted by Crippen LogP contribution is 2.26. The fourth-order valence-corrected chi connectivity index (χ4v) is 2.85. The van der Waals surface area contributed by atoms with Gasteiger partial charge >= 0.3 is 0 Å². The Morgan fingerprint density at radius 2 is 2.11 bits per heavy atom. The van der Waals surface area contributed by atoms with Crippen molar-refractivity contribution in [1.82, 2.24) is 10.2 Å². The summed E-state index contributed by atoms with van der Waals surface area (Å²) >= 11 is 0. The number of likely N-dealkylation sites (tertiary alicyclic amines) is 1. The van der Waals surface area contributed by atoms with Crippen molar-refractivity contribution in [2.24, 2.45) is 0 Å². The Morgan fingerprint density at radius 1 is 1.39 bits per heavy atom. The number of likely N-dealkylation sites (N-methyl/N-ethyl adjacent to an activating group) is 1. The zero-order valence-corrected chi connectivity index (χ0v) is 11.4. The maximum absolute atomic E-state index is 10.7. The molecule has 0 aliphatic carbocycles. The quantitative estimate of drug-likeness (QED) is 0.830. The Hall–Kier alpha value is -0.900. The molecule has 0 radical (unpaired) electrons. The molecule has 2 rings (SSSR count). The monoisotopic (exact) mass is 248 g/mol. The van der Waals surface area contributed by atoms with E-state index < -0.39 is 5.60 Å². The molecule has 100 valence electrons. The Bertz CT molecular complexity index is 364. The molecule has 2 N–H and O–H groups in total. The third kappa shape index (κ3) is 3.10. The average molecular weight is 248 g/mol. The summed E-state index contributed by atoms with van der Waals surface area (Å²) in [6.07, 6.45) is 2.46. The molecule has 1 aliphatic rings. The molecule has 18 heavy (non-hydrogen) atoms. The van der Waals surface area contributed by atoms with Crippen LogP contribution >= 0.6 is 0 Å². The summed E-state index contributed by atoms with van der Waals surface area (Å²) in [5, 5.41) is 13.9. The molecule has 1 aromatic rings. The smallest absolute Gasteiger partial charge is 0.0994 e. The highest BCUT2D eigenvalue weighted by molar-refractivity contribution is 5.22. The van der Waals surface area contributed by atoms with Gasteiger partial charge in [-0.25, -0.2) is 0 Å². The predicted octanol–water partition coefficient (Wildman–Crippen LogP) is 1.58. The highest BCUT2D eigenvalue weighted by atomic mass is 16.3. The summed E-state index contributed by atoms with van der Waals surface area (Å²) in [7, 11) is 1.99. The maximum atomic E-state index is 10.7. The first-order chi connectivity index (χ1) is 8.63. The molecule has 1 fully saturated rings. The minimum Gasteiger partial charge on any atom is -0.384 e. The van der Waals surface area contributed by atoms with Gasteiger partial charge in [0.15, 0.2) is 0 Å². The molecule has 1 aromatic carbocycles. The first-order valence-corrected chi connectivity index (χ1v) is 6.80. The third-order valence-electron chi connectivity index (χ3n) is 3.85. The van der Waals surface area contributed by atoms with Crippen LogP contribution in [0.1, 0.15) is 25.3 Å². The van der Waals surface area contributed by atoms with Gasteiger partial charge in [-0.3, -0.25) is 4.90 Å². The largest absolute Gasteiger partial charge is 0.384 e. The molecule has 3 heteroatoms. The number of nitrogens with one attached hydrogen (secondary N) is 1. The zero-order chi connectivity index (χ0) is 13.0. The van der Waals surface area contributed by atoms with Crippen LogP contribution in [0.2, 0.25) is 0 Å². The Balaban J connectivity index is 2.03. The highest BCUT2D eigenvalue weighted by Gasteiger charge is 2.31. The lowest BCUT2D eigenvalue weighted by atomic mass is 9.95. The molecule has 0 amide bonds. The van der Waals surface area contributed by atoms with Crippen LogP contribution in [0, 0.1) is 0 Å². The van der Waals surface area contributed by atoms with Gasteiger partial charge in [-0.15, -0.1) is 0 Å². The Morgan fingerprint density at radius 3 is 2.78 bits per heavy atom. The molecule has 2 unspecified atom stereocenters. The number of nitrogens with zero attached hydrogens (tertiary/aromatic N) is 1. The summed E-state index contributed by atoms with van der Waals surface area (Å²) in [6, 6.07) is 10.5. The van der Waals surface area contributed by atoms with Crippen molar-refractivity contribution in [2.45, 2.75) is 31.4 Å². The maximum Gasteiger partial charge on any atom is 0.0994 e. The van der Waals surface area contributed by atoms with Crippen LogP contribution < -0.4 is 5.32 Å². The summed E-state index contributed by atoms with van der Waals surface area (Å²) in [5.41, 5.74) is 0.234. The lowest BCUT2D eigenvalue weighted by Crippen LogP contribution is -2.44. The molecular formula is C15H24N2O. The summed E-state index contributed by atoms with van der Waals surface area (Å²) < 4.78 is 0. The normalized spacial score (nSPS) is 24.1. The van der Waals surface area contributed by atoms with Gasteiger partial charge in [-0.05, 0) is 38.9 Å². The van der Waals surface area contributed by atoms with E-state index in [1.54, 1.807) is 0 Å². The van der Waals surface area contributed by atoms with Crippen molar-refractivity contribution >= 4 is 0 Å². The molecule has 1 heterocycles. The second-order valence-electron chi connectivity index (χ2n) is 5.46. The van der Waals surface area contributed by atoms with Crippen LogP contribution in [0.4, 0.5) is 0 Å². The molecule has 2 atom stereocenters. The minimum absolute atomic E-state index is 0.560. The number of rotatable bonds is 5. The number of β-amino-alcohol motifs (C(OH)–C–C–N with tert-alkyl or cyclic N) is 1. The first kappa shape index (κ1) is 13.5. The summed E-state index contributed by atoms with van der Waals surface area (Å²) in [6.45, 7) is 4.72.